The van der Waals surface area contributed by atoms with E-state index in [0.717, 1.165) is 18.4 Å². The molecule has 0 heterocycles. The predicted molar refractivity (Wildman–Crippen MR) is 126 cm³/mol. The monoisotopic (exact) mass is 389 g/mol. The molecule has 0 N–H and O–H groups in total. The molecule has 0 bridgehead atoms. The molecule has 0 amide bonds. The van der Waals surface area contributed by atoms with E-state index in [1.165, 1.54) is 28.2 Å². The zero-order chi connectivity index (χ0) is 20.7. The van der Waals surface area contributed by atoms with E-state index < -0.39 is 0 Å². The van der Waals surface area contributed by atoms with Crippen molar-refractivity contribution in [2.24, 2.45) is 5.92 Å². The molecular weight excluding hydrogens is 362 g/mol. The van der Waals surface area contributed by atoms with E-state index >= 15 is 0 Å². The molecular formula is C29H27N. The van der Waals surface area contributed by atoms with Crippen molar-refractivity contribution in [2.75, 3.05) is 4.90 Å². The highest BCUT2D eigenvalue weighted by Crippen LogP contribution is 2.54. The Kier molecular flexibility index (Phi) is 4.52. The number of nitrogens with zero attached hydrogens (tertiary/aromatic N) is 1. The van der Waals surface area contributed by atoms with E-state index in [2.05, 4.69) is 110 Å². The molecule has 2 atom stereocenters. The van der Waals surface area contributed by atoms with Gasteiger partial charge in [-0.15, -0.1) is 6.42 Å². The maximum absolute atomic E-state index is 5.69. The standard InChI is InChI=1S/C29H27N/c1-4-21-15-17-25-26-18-16-24(20-28(26)29(2,3)27(25)19-21)30(22-11-7-5-8-12-22)23-13-9-6-10-14-23/h1,5-9,11-13,15-20,26,28H,10,14H2,2-3H3. The average molecular weight is 390 g/mol. The van der Waals surface area contributed by atoms with Crippen LogP contribution in [0.25, 0.3) is 0 Å². The maximum Gasteiger partial charge on any atom is 0.0458 e. The smallest absolute Gasteiger partial charge is 0.0458 e. The van der Waals surface area contributed by atoms with Crippen molar-refractivity contribution in [1.82, 2.24) is 0 Å². The summed E-state index contributed by atoms with van der Waals surface area (Å²) in [4.78, 5) is 2.43. The van der Waals surface area contributed by atoms with Crippen LogP contribution in [-0.2, 0) is 5.41 Å². The van der Waals surface area contributed by atoms with Crippen molar-refractivity contribution in [1.29, 1.82) is 0 Å². The number of anilines is 1. The highest BCUT2D eigenvalue weighted by molar-refractivity contribution is 5.63. The van der Waals surface area contributed by atoms with E-state index in [9.17, 15) is 0 Å². The molecule has 0 saturated carbocycles. The number of hydrogen-bond donors (Lipinski definition) is 0. The molecule has 148 valence electrons. The van der Waals surface area contributed by atoms with Crippen LogP contribution in [-0.4, -0.2) is 0 Å². The molecule has 2 aromatic rings. The van der Waals surface area contributed by atoms with Gasteiger partial charge in [-0.1, -0.05) is 68.3 Å². The molecule has 2 aromatic carbocycles. The van der Waals surface area contributed by atoms with Crippen LogP contribution in [0.15, 0.2) is 96.4 Å². The normalized spacial score (nSPS) is 23.1. The fraction of sp³-hybridized carbons (Fsp3) is 0.241. The summed E-state index contributed by atoms with van der Waals surface area (Å²) in [5.41, 5.74) is 7.65. The van der Waals surface area contributed by atoms with Crippen molar-refractivity contribution < 1.29 is 0 Å². The molecule has 3 aliphatic carbocycles. The highest BCUT2D eigenvalue weighted by atomic mass is 15.2. The summed E-state index contributed by atoms with van der Waals surface area (Å²) in [7, 11) is 0. The van der Waals surface area contributed by atoms with Crippen LogP contribution in [0.1, 0.15) is 49.3 Å². The third kappa shape index (κ3) is 2.96. The van der Waals surface area contributed by atoms with Crippen molar-refractivity contribution in [2.45, 2.75) is 38.0 Å². The number of fused-ring (bicyclic) bond motifs is 3. The molecule has 2 unspecified atom stereocenters. The summed E-state index contributed by atoms with van der Waals surface area (Å²) < 4.78 is 0. The molecule has 0 saturated heterocycles. The first kappa shape index (κ1) is 18.8. The third-order valence-electron chi connectivity index (χ3n) is 6.87. The first-order valence-electron chi connectivity index (χ1n) is 10.8. The minimum absolute atomic E-state index is 0.0338. The van der Waals surface area contributed by atoms with E-state index in [0.29, 0.717) is 11.8 Å². The second-order valence-electron chi connectivity index (χ2n) is 8.97. The number of allylic oxidation sites excluding steroid dienone is 7. The van der Waals surface area contributed by atoms with Gasteiger partial charge in [0.2, 0.25) is 0 Å². The summed E-state index contributed by atoms with van der Waals surface area (Å²) in [6.45, 7) is 4.72. The van der Waals surface area contributed by atoms with Crippen molar-refractivity contribution in [3.63, 3.8) is 0 Å². The fourth-order valence-electron chi connectivity index (χ4n) is 5.28. The van der Waals surface area contributed by atoms with Crippen LogP contribution >= 0.6 is 0 Å². The summed E-state index contributed by atoms with van der Waals surface area (Å²) >= 11 is 0. The summed E-state index contributed by atoms with van der Waals surface area (Å²) in [5.74, 6) is 3.63. The van der Waals surface area contributed by atoms with E-state index in [-0.39, 0.29) is 5.41 Å². The molecule has 0 aromatic heterocycles. The van der Waals surface area contributed by atoms with Crippen LogP contribution in [0.3, 0.4) is 0 Å². The predicted octanol–water partition coefficient (Wildman–Crippen LogP) is 6.85. The number of para-hydroxylation sites is 1. The van der Waals surface area contributed by atoms with Gasteiger partial charge in [0.25, 0.3) is 0 Å². The first-order valence-corrected chi connectivity index (χ1v) is 10.8. The Balaban J connectivity index is 1.60. The van der Waals surface area contributed by atoms with E-state index in [4.69, 9.17) is 6.42 Å². The van der Waals surface area contributed by atoms with Crippen LogP contribution in [0.5, 0.6) is 0 Å². The second-order valence-corrected chi connectivity index (χ2v) is 8.97. The Hall–Kier alpha value is -3.24. The Morgan fingerprint density at radius 2 is 1.93 bits per heavy atom. The van der Waals surface area contributed by atoms with Crippen LogP contribution in [0, 0.1) is 18.3 Å². The van der Waals surface area contributed by atoms with Crippen LogP contribution < -0.4 is 4.90 Å². The van der Waals surface area contributed by atoms with Gasteiger partial charge in [-0.05, 0) is 71.7 Å². The summed E-state index contributed by atoms with van der Waals surface area (Å²) in [6.07, 6.45) is 21.7. The molecule has 30 heavy (non-hydrogen) atoms. The Labute approximate surface area is 180 Å². The van der Waals surface area contributed by atoms with Crippen LogP contribution in [0.2, 0.25) is 0 Å². The average Bonchev–Trinajstić information content (AvgIpc) is 3.02. The SMILES string of the molecule is C#Cc1ccc2c(c1)C(C)(C)C1C=C(N(C3=CC=CCC3)c3ccccc3)C=CC21. The third-order valence-corrected chi connectivity index (χ3v) is 6.87. The Bertz CT molecular complexity index is 1130. The Morgan fingerprint density at radius 1 is 1.10 bits per heavy atom. The lowest BCUT2D eigenvalue weighted by Gasteiger charge is -2.36. The zero-order valence-electron chi connectivity index (χ0n) is 17.7. The zero-order valence-corrected chi connectivity index (χ0v) is 17.7. The molecule has 3 aliphatic rings. The number of terminal acetylenes is 1. The van der Waals surface area contributed by atoms with Gasteiger partial charge in [0.05, 0.1) is 0 Å². The number of hydrogen-bond acceptors (Lipinski definition) is 1. The van der Waals surface area contributed by atoms with Gasteiger partial charge in [-0.25, -0.2) is 0 Å². The van der Waals surface area contributed by atoms with Gasteiger partial charge >= 0.3 is 0 Å². The van der Waals surface area contributed by atoms with Gasteiger partial charge in [0.1, 0.15) is 0 Å². The second kappa shape index (κ2) is 7.22. The van der Waals surface area contributed by atoms with E-state index in [1.807, 2.05) is 0 Å². The van der Waals surface area contributed by atoms with Crippen molar-refractivity contribution in [3.05, 3.63) is 113 Å². The van der Waals surface area contributed by atoms with Gasteiger partial charge in [-0.3, -0.25) is 0 Å². The molecule has 0 aliphatic heterocycles. The van der Waals surface area contributed by atoms with Crippen LogP contribution in [0.4, 0.5) is 5.69 Å². The summed E-state index contributed by atoms with van der Waals surface area (Å²) in [5, 5.41) is 0. The van der Waals surface area contributed by atoms with Gasteiger partial charge < -0.3 is 4.90 Å². The van der Waals surface area contributed by atoms with Gasteiger partial charge in [0.15, 0.2) is 0 Å². The minimum Gasteiger partial charge on any atom is -0.315 e. The highest BCUT2D eigenvalue weighted by Gasteiger charge is 2.45. The molecule has 0 spiro atoms. The van der Waals surface area contributed by atoms with Gasteiger partial charge in [-0.2, -0.15) is 0 Å². The van der Waals surface area contributed by atoms with Crippen molar-refractivity contribution >= 4 is 5.69 Å². The number of benzene rings is 2. The van der Waals surface area contributed by atoms with Gasteiger partial charge in [0, 0.05) is 28.6 Å². The summed E-state index contributed by atoms with van der Waals surface area (Å²) in [6, 6.07) is 17.3. The first-order chi connectivity index (χ1) is 14.6. The van der Waals surface area contributed by atoms with E-state index in [1.54, 1.807) is 0 Å². The van der Waals surface area contributed by atoms with Crippen molar-refractivity contribution in [3.8, 4) is 12.3 Å². The minimum atomic E-state index is 0.0338. The lowest BCUT2D eigenvalue weighted by molar-refractivity contribution is 0.392. The lowest BCUT2D eigenvalue weighted by atomic mass is 9.74. The molecule has 1 nitrogen and oxygen atoms in total. The molecule has 0 radical (unpaired) electrons. The number of rotatable bonds is 3. The molecule has 1 heteroatoms. The largest absolute Gasteiger partial charge is 0.315 e. The molecule has 5 rings (SSSR count). The topological polar surface area (TPSA) is 3.24 Å². The molecule has 0 fully saturated rings. The maximum atomic E-state index is 5.69. The lowest BCUT2D eigenvalue weighted by Crippen LogP contribution is -2.29. The quantitative estimate of drug-likeness (QED) is 0.519. The fourth-order valence-corrected chi connectivity index (χ4v) is 5.28. The Morgan fingerprint density at radius 3 is 2.67 bits per heavy atom.